The summed E-state index contributed by atoms with van der Waals surface area (Å²) < 4.78 is 5.10. The van der Waals surface area contributed by atoms with Crippen LogP contribution in [0.4, 0.5) is 0 Å². The molecule has 1 aromatic rings. The summed E-state index contributed by atoms with van der Waals surface area (Å²) in [7, 11) is 3.20. The van der Waals surface area contributed by atoms with Crippen molar-refractivity contribution in [3.05, 3.63) is 35.4 Å². The van der Waals surface area contributed by atoms with Gasteiger partial charge in [-0.25, -0.2) is 0 Å². The van der Waals surface area contributed by atoms with Crippen LogP contribution in [-0.2, 0) is 27.5 Å². The lowest BCUT2D eigenvalue weighted by Gasteiger charge is -2.28. The minimum absolute atomic E-state index is 0.102. The van der Waals surface area contributed by atoms with E-state index in [0.717, 1.165) is 11.1 Å². The summed E-state index contributed by atoms with van der Waals surface area (Å²) in [6, 6.07) is 7.77. The predicted octanol–water partition coefficient (Wildman–Crippen LogP) is 1.07. The van der Waals surface area contributed by atoms with E-state index in [1.807, 2.05) is 18.2 Å². The number of ether oxygens (including phenoxy) is 1. The Kier molecular flexibility index (Phi) is 4.87. The summed E-state index contributed by atoms with van der Waals surface area (Å²) in [6.45, 7) is 1.18. The molecule has 5 nitrogen and oxygen atoms in total. The Hall–Kier alpha value is -1.72. The number of likely N-dealkylation sites (tertiary alicyclic amines) is 1. The highest BCUT2D eigenvalue weighted by Gasteiger charge is 2.31. The second-order valence-electron chi connectivity index (χ2n) is 5.02. The maximum atomic E-state index is 11.9. The van der Waals surface area contributed by atoms with Crippen LogP contribution in [-0.4, -0.2) is 36.9 Å². The number of likely N-dealkylation sites (N-methyl/N-ethyl adjacent to an activating group) is 1. The quantitative estimate of drug-likeness (QED) is 0.817. The van der Waals surface area contributed by atoms with E-state index in [2.05, 4.69) is 11.4 Å². The van der Waals surface area contributed by atoms with Gasteiger partial charge in [-0.05, 0) is 17.5 Å². The molecule has 0 spiro atoms. The summed E-state index contributed by atoms with van der Waals surface area (Å²) in [5, 5.41) is 3.22. The Morgan fingerprint density at radius 1 is 1.35 bits per heavy atom. The molecule has 20 heavy (non-hydrogen) atoms. The van der Waals surface area contributed by atoms with Gasteiger partial charge in [0.25, 0.3) is 0 Å². The SMILES string of the molecule is COCc1cccc(CNC2CCC(=O)N(C)C2=O)c1. The van der Waals surface area contributed by atoms with Gasteiger partial charge in [0, 0.05) is 27.1 Å². The summed E-state index contributed by atoms with van der Waals surface area (Å²) in [4.78, 5) is 24.6. The number of carbonyl (C=O) groups excluding carboxylic acids is 2. The fraction of sp³-hybridized carbons (Fsp3) is 0.467. The second-order valence-corrected chi connectivity index (χ2v) is 5.02. The molecule has 1 atom stereocenters. The Balaban J connectivity index is 1.93. The number of benzene rings is 1. The first kappa shape index (κ1) is 14.7. The lowest BCUT2D eigenvalue weighted by Crippen LogP contribution is -2.51. The third-order valence-electron chi connectivity index (χ3n) is 3.50. The van der Waals surface area contributed by atoms with Crippen molar-refractivity contribution in [2.45, 2.75) is 32.0 Å². The van der Waals surface area contributed by atoms with E-state index >= 15 is 0 Å². The van der Waals surface area contributed by atoms with Gasteiger partial charge in [-0.3, -0.25) is 14.5 Å². The standard InChI is InChI=1S/C15H20N2O3/c1-17-14(18)7-6-13(15(17)19)16-9-11-4-3-5-12(8-11)10-20-2/h3-5,8,13,16H,6-7,9-10H2,1-2H3. The van der Waals surface area contributed by atoms with Crippen molar-refractivity contribution in [3.8, 4) is 0 Å². The van der Waals surface area contributed by atoms with Crippen LogP contribution >= 0.6 is 0 Å². The van der Waals surface area contributed by atoms with Crippen LogP contribution in [0.3, 0.4) is 0 Å². The van der Waals surface area contributed by atoms with Gasteiger partial charge in [0.15, 0.2) is 0 Å². The number of nitrogens with zero attached hydrogens (tertiary/aromatic N) is 1. The van der Waals surface area contributed by atoms with Crippen LogP contribution in [0.2, 0.25) is 0 Å². The lowest BCUT2D eigenvalue weighted by molar-refractivity contribution is -0.148. The topological polar surface area (TPSA) is 58.6 Å². The molecule has 0 aromatic heterocycles. The van der Waals surface area contributed by atoms with Gasteiger partial charge >= 0.3 is 0 Å². The smallest absolute Gasteiger partial charge is 0.246 e. The molecule has 5 heteroatoms. The molecule has 1 aromatic carbocycles. The molecule has 0 radical (unpaired) electrons. The van der Waals surface area contributed by atoms with Crippen molar-refractivity contribution >= 4 is 11.8 Å². The van der Waals surface area contributed by atoms with Crippen molar-refractivity contribution in [3.63, 3.8) is 0 Å². The molecule has 1 aliphatic heterocycles. The van der Waals surface area contributed by atoms with Crippen LogP contribution in [0.5, 0.6) is 0 Å². The van der Waals surface area contributed by atoms with Gasteiger partial charge in [0.05, 0.1) is 12.6 Å². The van der Waals surface area contributed by atoms with Gasteiger partial charge < -0.3 is 10.1 Å². The molecule has 1 fully saturated rings. The molecule has 1 N–H and O–H groups in total. The van der Waals surface area contributed by atoms with Gasteiger partial charge in [-0.2, -0.15) is 0 Å². The highest BCUT2D eigenvalue weighted by atomic mass is 16.5. The van der Waals surface area contributed by atoms with Crippen LogP contribution in [0.15, 0.2) is 24.3 Å². The van der Waals surface area contributed by atoms with Gasteiger partial charge in [0.1, 0.15) is 0 Å². The number of hydrogen-bond donors (Lipinski definition) is 1. The van der Waals surface area contributed by atoms with Crippen molar-refractivity contribution < 1.29 is 14.3 Å². The van der Waals surface area contributed by atoms with E-state index in [4.69, 9.17) is 4.74 Å². The first-order chi connectivity index (χ1) is 9.61. The average molecular weight is 276 g/mol. The van der Waals surface area contributed by atoms with Crippen molar-refractivity contribution in [1.82, 2.24) is 10.2 Å². The van der Waals surface area contributed by atoms with Crippen molar-refractivity contribution in [2.24, 2.45) is 0 Å². The number of carbonyl (C=O) groups is 2. The maximum Gasteiger partial charge on any atom is 0.246 e. The molecule has 0 saturated carbocycles. The van der Waals surface area contributed by atoms with E-state index in [9.17, 15) is 9.59 Å². The Bertz CT molecular complexity index is 502. The minimum atomic E-state index is -0.274. The Morgan fingerprint density at radius 2 is 2.10 bits per heavy atom. The van der Waals surface area contributed by atoms with E-state index in [0.29, 0.717) is 26.0 Å². The molecular formula is C15H20N2O3. The third kappa shape index (κ3) is 3.43. The number of nitrogens with one attached hydrogen (secondary N) is 1. The Labute approximate surface area is 118 Å². The number of piperidine rings is 1. The van der Waals surface area contributed by atoms with Gasteiger partial charge in [0.2, 0.25) is 11.8 Å². The van der Waals surface area contributed by atoms with Crippen molar-refractivity contribution in [1.29, 1.82) is 0 Å². The molecule has 1 saturated heterocycles. The highest BCUT2D eigenvalue weighted by molar-refractivity contribution is 6.00. The molecule has 1 heterocycles. The van der Waals surface area contributed by atoms with E-state index in [-0.39, 0.29) is 17.9 Å². The molecule has 0 aliphatic carbocycles. The van der Waals surface area contributed by atoms with E-state index in [1.165, 1.54) is 11.9 Å². The summed E-state index contributed by atoms with van der Waals surface area (Å²) in [6.07, 6.45) is 0.989. The molecule has 2 amide bonds. The summed E-state index contributed by atoms with van der Waals surface area (Å²) >= 11 is 0. The van der Waals surface area contributed by atoms with Gasteiger partial charge in [-0.15, -0.1) is 0 Å². The summed E-state index contributed by atoms with van der Waals surface area (Å²) in [5.41, 5.74) is 2.21. The zero-order valence-corrected chi connectivity index (χ0v) is 11.9. The van der Waals surface area contributed by atoms with Gasteiger partial charge in [-0.1, -0.05) is 24.3 Å². The molecule has 2 rings (SSSR count). The largest absolute Gasteiger partial charge is 0.380 e. The average Bonchev–Trinajstić information content (AvgIpc) is 2.45. The first-order valence-corrected chi connectivity index (χ1v) is 6.72. The fourth-order valence-electron chi connectivity index (χ4n) is 2.34. The highest BCUT2D eigenvalue weighted by Crippen LogP contribution is 2.13. The Morgan fingerprint density at radius 3 is 2.85 bits per heavy atom. The normalized spacial score (nSPS) is 19.5. The number of rotatable bonds is 5. The van der Waals surface area contributed by atoms with Crippen LogP contribution in [0, 0.1) is 0 Å². The molecule has 108 valence electrons. The molecular weight excluding hydrogens is 256 g/mol. The van der Waals surface area contributed by atoms with Crippen LogP contribution < -0.4 is 5.32 Å². The third-order valence-corrected chi connectivity index (χ3v) is 3.50. The van der Waals surface area contributed by atoms with Crippen LogP contribution in [0.1, 0.15) is 24.0 Å². The second kappa shape index (κ2) is 6.63. The van der Waals surface area contributed by atoms with E-state index < -0.39 is 0 Å². The minimum Gasteiger partial charge on any atom is -0.380 e. The monoisotopic (exact) mass is 276 g/mol. The maximum absolute atomic E-state index is 11.9. The summed E-state index contributed by atoms with van der Waals surface area (Å²) in [5.74, 6) is -0.246. The molecule has 0 bridgehead atoms. The molecule has 1 aliphatic rings. The number of hydrogen-bond acceptors (Lipinski definition) is 4. The zero-order valence-electron chi connectivity index (χ0n) is 11.9. The number of methoxy groups -OCH3 is 1. The number of amides is 2. The molecule has 1 unspecified atom stereocenters. The van der Waals surface area contributed by atoms with Crippen molar-refractivity contribution in [2.75, 3.05) is 14.2 Å². The zero-order chi connectivity index (χ0) is 14.5. The lowest BCUT2D eigenvalue weighted by atomic mass is 10.0. The number of imide groups is 1. The van der Waals surface area contributed by atoms with E-state index in [1.54, 1.807) is 7.11 Å². The predicted molar refractivity (Wildman–Crippen MR) is 74.8 cm³/mol. The van der Waals surface area contributed by atoms with Crippen LogP contribution in [0.25, 0.3) is 0 Å². The first-order valence-electron chi connectivity index (χ1n) is 6.72. The fourth-order valence-corrected chi connectivity index (χ4v) is 2.34.